The number of hydrogen-bond acceptors (Lipinski definition) is 7. The third-order valence-corrected chi connectivity index (χ3v) is 8.68. The van der Waals surface area contributed by atoms with E-state index in [4.69, 9.17) is 12.2 Å². The Balaban J connectivity index is 1.27. The van der Waals surface area contributed by atoms with Crippen molar-refractivity contribution in [1.82, 2.24) is 25.6 Å². The predicted molar refractivity (Wildman–Crippen MR) is 166 cm³/mol. The molecule has 0 saturated heterocycles. The molecule has 0 unspecified atom stereocenters. The zero-order valence-corrected chi connectivity index (χ0v) is 25.4. The van der Waals surface area contributed by atoms with E-state index in [1.54, 1.807) is 12.1 Å². The van der Waals surface area contributed by atoms with Crippen LogP contribution in [-0.4, -0.2) is 39.9 Å². The van der Waals surface area contributed by atoms with Gasteiger partial charge in [-0.1, -0.05) is 56.3 Å². The lowest BCUT2D eigenvalue weighted by Gasteiger charge is -2.16. The van der Waals surface area contributed by atoms with Crippen LogP contribution < -0.4 is 25.6 Å². The summed E-state index contributed by atoms with van der Waals surface area (Å²) in [5.41, 5.74) is 9.95. The molecule has 1 fully saturated rings. The Hall–Kier alpha value is -4.21. The minimum Gasteiger partial charge on any atom is -0.406 e. The third kappa shape index (κ3) is 8.03. The summed E-state index contributed by atoms with van der Waals surface area (Å²) in [5, 5.41) is 7.56. The van der Waals surface area contributed by atoms with Crippen LogP contribution in [0.2, 0.25) is 0 Å². The molecule has 0 amide bonds. The summed E-state index contributed by atoms with van der Waals surface area (Å²) in [6, 6.07) is 20.1. The number of ether oxygens (including phenoxy) is 1. The average Bonchev–Trinajstić information content (AvgIpc) is 3.75. The van der Waals surface area contributed by atoms with E-state index in [1.807, 2.05) is 30.3 Å². The minimum absolute atomic E-state index is 0.0774. The highest BCUT2D eigenvalue weighted by Crippen LogP contribution is 2.31. The fraction of sp³-hybridized carbons (Fsp3) is 0.276. The SMILES string of the molecule is CC(C)c1ccccc1NC(=S)NNCc1ccc(-c2nc(NS(=O)(=O)C3CC3)n(-c3ccc(OC(F)(F)F)cc3)n2)cc1. The summed E-state index contributed by atoms with van der Waals surface area (Å²) in [7, 11) is -3.70. The molecule has 0 aliphatic heterocycles. The van der Waals surface area contributed by atoms with Crippen LogP contribution in [-0.2, 0) is 16.6 Å². The van der Waals surface area contributed by atoms with Gasteiger partial charge in [0.05, 0.1) is 10.9 Å². The van der Waals surface area contributed by atoms with Crippen LogP contribution in [0.1, 0.15) is 43.7 Å². The number of anilines is 2. The second-order valence-electron chi connectivity index (χ2n) is 10.4. The molecule has 44 heavy (non-hydrogen) atoms. The largest absolute Gasteiger partial charge is 0.573 e. The van der Waals surface area contributed by atoms with E-state index in [0.717, 1.165) is 28.9 Å². The Morgan fingerprint density at radius 3 is 2.36 bits per heavy atom. The summed E-state index contributed by atoms with van der Waals surface area (Å²) in [6.07, 6.45) is -3.76. The maximum Gasteiger partial charge on any atom is 0.573 e. The van der Waals surface area contributed by atoms with E-state index in [9.17, 15) is 21.6 Å². The fourth-order valence-corrected chi connectivity index (χ4v) is 5.82. The molecule has 1 aliphatic rings. The van der Waals surface area contributed by atoms with Gasteiger partial charge in [-0.05, 0) is 72.4 Å². The van der Waals surface area contributed by atoms with Gasteiger partial charge in [0.1, 0.15) is 5.75 Å². The molecule has 5 rings (SSSR count). The number of sulfonamides is 1. The zero-order valence-electron chi connectivity index (χ0n) is 23.7. The third-order valence-electron chi connectivity index (χ3n) is 6.66. The van der Waals surface area contributed by atoms with E-state index in [1.165, 1.54) is 16.8 Å². The first-order valence-corrected chi connectivity index (χ1v) is 15.7. The number of rotatable bonds is 11. The van der Waals surface area contributed by atoms with Gasteiger partial charge < -0.3 is 10.1 Å². The molecule has 4 N–H and O–H groups in total. The van der Waals surface area contributed by atoms with Gasteiger partial charge in [0.25, 0.3) is 0 Å². The van der Waals surface area contributed by atoms with Crippen LogP contribution in [0.15, 0.2) is 72.8 Å². The van der Waals surface area contributed by atoms with Gasteiger partial charge in [-0.2, -0.15) is 9.67 Å². The molecule has 0 radical (unpaired) electrons. The number of thiocarbonyl (C=S) groups is 1. The van der Waals surface area contributed by atoms with Gasteiger partial charge in [-0.15, -0.1) is 18.3 Å². The molecule has 1 aliphatic carbocycles. The second kappa shape index (κ2) is 12.8. The Kier molecular flexibility index (Phi) is 9.08. The summed E-state index contributed by atoms with van der Waals surface area (Å²) in [5.74, 6) is 0.0615. The van der Waals surface area contributed by atoms with E-state index in [0.29, 0.717) is 41.7 Å². The van der Waals surface area contributed by atoms with Crippen LogP contribution in [0.3, 0.4) is 0 Å². The maximum absolute atomic E-state index is 12.7. The normalized spacial score (nSPS) is 13.5. The van der Waals surface area contributed by atoms with Gasteiger partial charge >= 0.3 is 6.36 Å². The molecule has 10 nitrogen and oxygen atoms in total. The Morgan fingerprint density at radius 2 is 1.73 bits per heavy atom. The summed E-state index contributed by atoms with van der Waals surface area (Å²) in [4.78, 5) is 4.41. The molecule has 0 atom stereocenters. The smallest absolute Gasteiger partial charge is 0.406 e. The average molecular weight is 646 g/mol. The van der Waals surface area contributed by atoms with E-state index >= 15 is 0 Å². The van der Waals surface area contributed by atoms with Crippen molar-refractivity contribution in [3.8, 4) is 22.8 Å². The van der Waals surface area contributed by atoms with E-state index in [2.05, 4.69) is 55.6 Å². The number of halogens is 3. The monoisotopic (exact) mass is 645 g/mol. The minimum atomic E-state index is -4.84. The Bertz CT molecular complexity index is 1720. The van der Waals surface area contributed by atoms with Crippen LogP contribution in [0.4, 0.5) is 24.8 Å². The summed E-state index contributed by atoms with van der Waals surface area (Å²) in [6.45, 7) is 4.66. The highest BCUT2D eigenvalue weighted by molar-refractivity contribution is 7.93. The van der Waals surface area contributed by atoms with Crippen molar-refractivity contribution in [2.75, 3.05) is 10.0 Å². The number of hydrazine groups is 1. The molecular weight excluding hydrogens is 615 g/mol. The van der Waals surface area contributed by atoms with Crippen molar-refractivity contribution in [2.24, 2.45) is 0 Å². The number of aromatic nitrogens is 3. The molecular formula is C29H30F3N7O3S2. The lowest BCUT2D eigenvalue weighted by molar-refractivity contribution is -0.274. The van der Waals surface area contributed by atoms with Crippen molar-refractivity contribution >= 4 is 39.0 Å². The maximum atomic E-state index is 12.7. The van der Waals surface area contributed by atoms with Gasteiger partial charge in [-0.25, -0.2) is 13.8 Å². The van der Waals surface area contributed by atoms with Gasteiger partial charge in [-0.3, -0.25) is 10.1 Å². The van der Waals surface area contributed by atoms with Crippen LogP contribution in [0, 0.1) is 0 Å². The Labute approximate surface area is 258 Å². The highest BCUT2D eigenvalue weighted by Gasteiger charge is 2.37. The number of alkyl halides is 3. The van der Waals surface area contributed by atoms with E-state index < -0.39 is 27.4 Å². The molecule has 0 spiro atoms. The number of nitrogens with zero attached hydrogens (tertiary/aromatic N) is 3. The lowest BCUT2D eigenvalue weighted by atomic mass is 10.0. The molecule has 3 aromatic carbocycles. The van der Waals surface area contributed by atoms with Crippen molar-refractivity contribution in [2.45, 2.75) is 50.8 Å². The second-order valence-corrected chi connectivity index (χ2v) is 12.8. The van der Waals surface area contributed by atoms with Crippen molar-refractivity contribution < 1.29 is 26.3 Å². The molecule has 0 bridgehead atoms. The molecule has 1 aromatic heterocycles. The topological polar surface area (TPSA) is 122 Å². The molecule has 1 saturated carbocycles. The fourth-order valence-electron chi connectivity index (χ4n) is 4.32. The lowest BCUT2D eigenvalue weighted by Crippen LogP contribution is -2.39. The first kappa shape index (κ1) is 31.2. The van der Waals surface area contributed by atoms with Gasteiger partial charge in [0.15, 0.2) is 10.9 Å². The number of hydrogen-bond donors (Lipinski definition) is 4. The van der Waals surface area contributed by atoms with Crippen molar-refractivity contribution in [3.63, 3.8) is 0 Å². The molecule has 15 heteroatoms. The first-order chi connectivity index (χ1) is 20.9. The van der Waals surface area contributed by atoms with Gasteiger partial charge in [0.2, 0.25) is 16.0 Å². The molecule has 232 valence electrons. The Morgan fingerprint density at radius 1 is 1.05 bits per heavy atom. The predicted octanol–water partition coefficient (Wildman–Crippen LogP) is 5.85. The molecule has 4 aromatic rings. The quantitative estimate of drug-likeness (QED) is 0.118. The molecule has 1 heterocycles. The van der Waals surface area contributed by atoms with Crippen molar-refractivity contribution in [1.29, 1.82) is 0 Å². The van der Waals surface area contributed by atoms with Crippen LogP contribution in [0.25, 0.3) is 17.1 Å². The van der Waals surface area contributed by atoms with E-state index in [-0.39, 0.29) is 11.8 Å². The number of para-hydroxylation sites is 1. The summed E-state index contributed by atoms with van der Waals surface area (Å²) >= 11 is 5.42. The first-order valence-electron chi connectivity index (χ1n) is 13.7. The standard InChI is InChI=1S/C29H30F3N7O3S2/c1-18(2)24-5-3-4-6-25(24)34-28(43)36-33-17-19-7-9-20(10-8-19)26-35-27(38-44(40,41)23-15-16-23)39(37-26)21-11-13-22(14-12-21)42-29(30,31)32/h3-14,18,23,33H,15-17H2,1-2H3,(H2,34,36,43)(H,35,37,38). The van der Waals surface area contributed by atoms with Crippen LogP contribution in [0.5, 0.6) is 5.75 Å². The summed E-state index contributed by atoms with van der Waals surface area (Å²) < 4.78 is 70.8. The number of nitrogens with one attached hydrogen (secondary N) is 4. The zero-order chi connectivity index (χ0) is 31.5. The number of benzene rings is 3. The van der Waals surface area contributed by atoms with Crippen molar-refractivity contribution in [3.05, 3.63) is 83.9 Å². The van der Waals surface area contributed by atoms with Crippen LogP contribution >= 0.6 is 12.2 Å². The highest BCUT2D eigenvalue weighted by atomic mass is 32.2. The van der Waals surface area contributed by atoms with Gasteiger partial charge in [0, 0.05) is 17.8 Å².